The summed E-state index contributed by atoms with van der Waals surface area (Å²) in [5.74, 6) is 0.222. The molecule has 1 saturated heterocycles. The topological polar surface area (TPSA) is 29.1 Å². The molecule has 0 radical (unpaired) electrons. The Hall–Kier alpha value is -1.36. The minimum atomic E-state index is -4.36. The van der Waals surface area contributed by atoms with Crippen molar-refractivity contribution >= 4 is 5.78 Å². The molecular formula is C14H16F3NO. The lowest BCUT2D eigenvalue weighted by atomic mass is 9.84. The lowest BCUT2D eigenvalue weighted by molar-refractivity contribution is -0.137. The van der Waals surface area contributed by atoms with E-state index >= 15 is 0 Å². The van der Waals surface area contributed by atoms with Gasteiger partial charge in [-0.3, -0.25) is 4.79 Å². The van der Waals surface area contributed by atoms with Crippen LogP contribution in [0.25, 0.3) is 0 Å². The number of benzene rings is 1. The van der Waals surface area contributed by atoms with Gasteiger partial charge in [0.2, 0.25) is 0 Å². The SMILES string of the molecule is CC(C(=O)Cc1cccc(C(F)(F)F)c1)C1CNC1. The molecule has 0 aliphatic carbocycles. The smallest absolute Gasteiger partial charge is 0.316 e. The van der Waals surface area contributed by atoms with E-state index in [9.17, 15) is 18.0 Å². The van der Waals surface area contributed by atoms with Crippen LogP contribution in [0.15, 0.2) is 24.3 Å². The quantitative estimate of drug-likeness (QED) is 0.912. The number of carbonyl (C=O) groups excluding carboxylic acids is 1. The van der Waals surface area contributed by atoms with E-state index in [1.807, 2.05) is 6.92 Å². The summed E-state index contributed by atoms with van der Waals surface area (Å²) in [7, 11) is 0. The van der Waals surface area contributed by atoms with Crippen molar-refractivity contribution < 1.29 is 18.0 Å². The summed E-state index contributed by atoms with van der Waals surface area (Å²) in [4.78, 5) is 12.0. The van der Waals surface area contributed by atoms with Crippen LogP contribution in [0, 0.1) is 11.8 Å². The summed E-state index contributed by atoms with van der Waals surface area (Å²) in [5, 5.41) is 3.09. The third-order valence-corrected chi connectivity index (χ3v) is 3.66. The van der Waals surface area contributed by atoms with Gasteiger partial charge < -0.3 is 5.32 Å². The van der Waals surface area contributed by atoms with E-state index < -0.39 is 11.7 Å². The van der Waals surface area contributed by atoms with Crippen LogP contribution in [0.3, 0.4) is 0 Å². The standard InChI is InChI=1S/C14H16F3NO/c1-9(11-7-18-8-11)13(19)6-10-3-2-4-12(5-10)14(15,16)17/h2-5,9,11,18H,6-8H2,1H3. The number of alkyl halides is 3. The molecule has 104 valence electrons. The van der Waals surface area contributed by atoms with Crippen LogP contribution >= 0.6 is 0 Å². The van der Waals surface area contributed by atoms with Crippen molar-refractivity contribution in [2.75, 3.05) is 13.1 Å². The van der Waals surface area contributed by atoms with Crippen LogP contribution in [0.2, 0.25) is 0 Å². The fourth-order valence-corrected chi connectivity index (χ4v) is 2.15. The summed E-state index contributed by atoms with van der Waals surface area (Å²) >= 11 is 0. The highest BCUT2D eigenvalue weighted by Crippen LogP contribution is 2.30. The molecule has 0 bridgehead atoms. The number of carbonyl (C=O) groups is 1. The molecule has 19 heavy (non-hydrogen) atoms. The molecule has 2 nitrogen and oxygen atoms in total. The van der Waals surface area contributed by atoms with Crippen LogP contribution in [0.5, 0.6) is 0 Å². The average Bonchev–Trinajstić information content (AvgIpc) is 2.25. The lowest BCUT2D eigenvalue weighted by Gasteiger charge is -2.31. The third kappa shape index (κ3) is 3.35. The molecule has 0 amide bonds. The summed E-state index contributed by atoms with van der Waals surface area (Å²) in [6, 6.07) is 5.00. The van der Waals surface area contributed by atoms with Crippen LogP contribution < -0.4 is 5.32 Å². The number of hydrogen-bond acceptors (Lipinski definition) is 2. The zero-order chi connectivity index (χ0) is 14.0. The first kappa shape index (κ1) is 14.1. The highest BCUT2D eigenvalue weighted by Gasteiger charge is 2.31. The van der Waals surface area contributed by atoms with E-state index in [0.717, 1.165) is 25.2 Å². The van der Waals surface area contributed by atoms with Gasteiger partial charge in [-0.25, -0.2) is 0 Å². The van der Waals surface area contributed by atoms with E-state index in [1.165, 1.54) is 6.07 Å². The van der Waals surface area contributed by atoms with Crippen molar-refractivity contribution in [3.05, 3.63) is 35.4 Å². The predicted molar refractivity (Wildman–Crippen MR) is 65.7 cm³/mol. The minimum Gasteiger partial charge on any atom is -0.316 e. The second-order valence-electron chi connectivity index (χ2n) is 5.05. The Balaban J connectivity index is 2.04. The van der Waals surface area contributed by atoms with E-state index in [0.29, 0.717) is 11.5 Å². The fraction of sp³-hybridized carbons (Fsp3) is 0.500. The Labute approximate surface area is 110 Å². The lowest BCUT2D eigenvalue weighted by Crippen LogP contribution is -2.47. The molecule has 0 aromatic heterocycles. The number of ketones is 1. The molecule has 1 aliphatic rings. The molecule has 1 atom stereocenters. The zero-order valence-corrected chi connectivity index (χ0v) is 10.6. The monoisotopic (exact) mass is 271 g/mol. The van der Waals surface area contributed by atoms with Gasteiger partial charge in [0, 0.05) is 12.3 Å². The number of hydrogen-bond donors (Lipinski definition) is 1. The number of nitrogens with one attached hydrogen (secondary N) is 1. The van der Waals surface area contributed by atoms with Crippen molar-refractivity contribution in [2.24, 2.45) is 11.8 Å². The Morgan fingerprint density at radius 2 is 2.11 bits per heavy atom. The van der Waals surface area contributed by atoms with Gasteiger partial charge in [-0.05, 0) is 30.6 Å². The highest BCUT2D eigenvalue weighted by molar-refractivity contribution is 5.83. The molecule has 1 heterocycles. The van der Waals surface area contributed by atoms with Gasteiger partial charge >= 0.3 is 6.18 Å². The summed E-state index contributed by atoms with van der Waals surface area (Å²) < 4.78 is 37.7. The molecule has 1 unspecified atom stereocenters. The van der Waals surface area contributed by atoms with Gasteiger partial charge in [-0.15, -0.1) is 0 Å². The average molecular weight is 271 g/mol. The van der Waals surface area contributed by atoms with Crippen molar-refractivity contribution in [1.29, 1.82) is 0 Å². The van der Waals surface area contributed by atoms with Crippen molar-refractivity contribution in [2.45, 2.75) is 19.5 Å². The normalized spacial score (nSPS) is 17.9. The molecule has 1 aliphatic heterocycles. The van der Waals surface area contributed by atoms with Crippen LogP contribution in [-0.4, -0.2) is 18.9 Å². The van der Waals surface area contributed by atoms with Crippen molar-refractivity contribution in [3.63, 3.8) is 0 Å². The first-order valence-electron chi connectivity index (χ1n) is 6.27. The first-order valence-corrected chi connectivity index (χ1v) is 6.27. The van der Waals surface area contributed by atoms with Gasteiger partial charge in [0.1, 0.15) is 5.78 Å². The van der Waals surface area contributed by atoms with Crippen molar-refractivity contribution in [1.82, 2.24) is 5.32 Å². The molecule has 1 aromatic rings. The maximum absolute atomic E-state index is 12.6. The van der Waals surface area contributed by atoms with E-state index in [2.05, 4.69) is 5.32 Å². The second-order valence-corrected chi connectivity index (χ2v) is 5.05. The number of halogens is 3. The van der Waals surface area contributed by atoms with Gasteiger partial charge in [-0.1, -0.05) is 25.1 Å². The fourth-order valence-electron chi connectivity index (χ4n) is 2.15. The van der Waals surface area contributed by atoms with Gasteiger partial charge in [0.15, 0.2) is 0 Å². The summed E-state index contributed by atoms with van der Waals surface area (Å²) in [6.07, 6.45) is -4.29. The minimum absolute atomic E-state index is 0.00539. The third-order valence-electron chi connectivity index (χ3n) is 3.66. The van der Waals surface area contributed by atoms with Gasteiger partial charge in [0.05, 0.1) is 5.56 Å². The summed E-state index contributed by atoms with van der Waals surface area (Å²) in [6.45, 7) is 3.48. The van der Waals surface area contributed by atoms with Crippen LogP contribution in [0.4, 0.5) is 13.2 Å². The van der Waals surface area contributed by atoms with E-state index in [1.54, 1.807) is 6.07 Å². The molecule has 1 N–H and O–H groups in total. The molecule has 1 aromatic carbocycles. The summed E-state index contributed by atoms with van der Waals surface area (Å²) in [5.41, 5.74) is -0.269. The number of rotatable bonds is 4. The molecule has 2 rings (SSSR count). The second kappa shape index (κ2) is 5.33. The number of Topliss-reactive ketones (excluding diaryl/α,β-unsaturated/α-hetero) is 1. The van der Waals surface area contributed by atoms with Gasteiger partial charge in [-0.2, -0.15) is 13.2 Å². The Kier molecular flexibility index (Phi) is 3.94. The Morgan fingerprint density at radius 3 is 2.63 bits per heavy atom. The van der Waals surface area contributed by atoms with E-state index in [-0.39, 0.29) is 18.1 Å². The van der Waals surface area contributed by atoms with Crippen LogP contribution in [-0.2, 0) is 17.4 Å². The molecule has 5 heteroatoms. The molecule has 0 saturated carbocycles. The van der Waals surface area contributed by atoms with Gasteiger partial charge in [0.25, 0.3) is 0 Å². The Morgan fingerprint density at radius 1 is 1.42 bits per heavy atom. The maximum Gasteiger partial charge on any atom is 0.416 e. The maximum atomic E-state index is 12.6. The first-order chi connectivity index (χ1) is 8.88. The largest absolute Gasteiger partial charge is 0.416 e. The molecule has 1 fully saturated rings. The van der Waals surface area contributed by atoms with Crippen molar-refractivity contribution in [3.8, 4) is 0 Å². The highest BCUT2D eigenvalue weighted by atomic mass is 19.4. The molecular weight excluding hydrogens is 255 g/mol. The predicted octanol–water partition coefficient (Wildman–Crippen LogP) is 2.67. The molecule has 0 spiro atoms. The zero-order valence-electron chi connectivity index (χ0n) is 10.6. The van der Waals surface area contributed by atoms with Crippen LogP contribution in [0.1, 0.15) is 18.1 Å². The Bertz CT molecular complexity index is 466. The van der Waals surface area contributed by atoms with E-state index in [4.69, 9.17) is 0 Å².